The maximum atomic E-state index is 13.6. The molecule has 2 atom stereocenters. The lowest BCUT2D eigenvalue weighted by Gasteiger charge is -2.39. The second-order valence-corrected chi connectivity index (χ2v) is 10.1. The molecule has 1 aromatic heterocycles. The maximum Gasteiger partial charge on any atom is 0.352 e. The van der Waals surface area contributed by atoms with E-state index in [4.69, 9.17) is 11.6 Å². The number of ketones is 2. The van der Waals surface area contributed by atoms with E-state index in [1.165, 1.54) is 27.6 Å². The van der Waals surface area contributed by atoms with E-state index in [-0.39, 0.29) is 45.4 Å². The van der Waals surface area contributed by atoms with E-state index >= 15 is 0 Å². The molecule has 6 rings (SSSR count). The van der Waals surface area contributed by atoms with Gasteiger partial charge in [0.2, 0.25) is 0 Å². The van der Waals surface area contributed by atoms with E-state index in [9.17, 15) is 24.3 Å². The number of rotatable bonds is 2. The number of fused-ring (bicyclic) bond motifs is 3. The molecule has 1 N–H and O–H groups in total. The van der Waals surface area contributed by atoms with Crippen LogP contribution in [0.5, 0.6) is 5.75 Å². The van der Waals surface area contributed by atoms with Crippen molar-refractivity contribution in [2.24, 2.45) is 0 Å². The number of hydrogen-bond donors (Lipinski definition) is 1. The Hall–Kier alpha value is -3.69. The van der Waals surface area contributed by atoms with Gasteiger partial charge in [0, 0.05) is 34.6 Å². The standard InChI is InChI=1S/C26H17BrClN3O5/c27-18-12-21(33)23-17(24(18)34)11-20-16(22(23)15-7-6-14(32)10-19(15)28)8-9-29-25(35)30(26(36)31(20)29)13-4-2-1-3-5-13/h1-8,10,12,20,22,32H,9,11H2/t20-,22+/m1/s1. The highest BCUT2D eigenvalue weighted by atomic mass is 79.9. The van der Waals surface area contributed by atoms with Gasteiger partial charge in [0.25, 0.3) is 0 Å². The van der Waals surface area contributed by atoms with E-state index in [1.807, 2.05) is 6.08 Å². The van der Waals surface area contributed by atoms with Crippen molar-refractivity contribution in [1.82, 2.24) is 13.9 Å². The van der Waals surface area contributed by atoms with Gasteiger partial charge >= 0.3 is 11.4 Å². The zero-order chi connectivity index (χ0) is 25.3. The van der Waals surface area contributed by atoms with Crippen molar-refractivity contribution in [3.8, 4) is 11.4 Å². The van der Waals surface area contributed by atoms with Crippen molar-refractivity contribution in [3.63, 3.8) is 0 Å². The van der Waals surface area contributed by atoms with Crippen LogP contribution in [0.15, 0.2) is 91.5 Å². The van der Waals surface area contributed by atoms with Crippen molar-refractivity contribution in [2.75, 3.05) is 0 Å². The fraction of sp³-hybridized carbons (Fsp3) is 0.154. The fourth-order valence-corrected chi connectivity index (χ4v) is 6.11. The number of carbonyl (C=O) groups excluding carboxylic acids is 2. The fourth-order valence-electron chi connectivity index (χ4n) is 5.38. The Morgan fingerprint density at radius 2 is 1.75 bits per heavy atom. The van der Waals surface area contributed by atoms with E-state index in [1.54, 1.807) is 36.4 Å². The molecule has 36 heavy (non-hydrogen) atoms. The van der Waals surface area contributed by atoms with Gasteiger partial charge in [-0.05, 0) is 51.3 Å². The molecule has 0 radical (unpaired) electrons. The Morgan fingerprint density at radius 1 is 1.00 bits per heavy atom. The molecule has 3 aliphatic rings. The number of allylic oxidation sites excluding steroid dienone is 6. The van der Waals surface area contributed by atoms with Crippen LogP contribution in [0, 0.1) is 0 Å². The van der Waals surface area contributed by atoms with Gasteiger partial charge in [0.05, 0.1) is 22.8 Å². The molecule has 3 aromatic rings. The van der Waals surface area contributed by atoms with Crippen molar-refractivity contribution < 1.29 is 14.7 Å². The second-order valence-electron chi connectivity index (χ2n) is 8.80. The highest BCUT2D eigenvalue weighted by Gasteiger charge is 2.45. The number of phenolic OH excluding ortho intramolecular Hbond substituents is 1. The SMILES string of the molecule is O=C1C=C(Br)C(=O)C2=C1[C@@H](c1ccc(O)cc1Cl)C1=CCn3c(=O)n(-c4ccccc4)c(=O)n3[C@@H]1C2. The van der Waals surface area contributed by atoms with Gasteiger partial charge in [-0.1, -0.05) is 41.9 Å². The molecule has 2 aromatic carbocycles. The summed E-state index contributed by atoms with van der Waals surface area (Å²) in [5.74, 6) is -1.45. The molecule has 2 heterocycles. The molecule has 0 saturated heterocycles. The number of aromatic nitrogens is 3. The van der Waals surface area contributed by atoms with Gasteiger partial charge in [-0.2, -0.15) is 0 Å². The van der Waals surface area contributed by atoms with Crippen molar-refractivity contribution in [3.05, 3.63) is 113 Å². The number of para-hydroxylation sites is 1. The monoisotopic (exact) mass is 565 g/mol. The van der Waals surface area contributed by atoms with Crippen LogP contribution in [0.1, 0.15) is 23.9 Å². The molecule has 10 heteroatoms. The third-order valence-electron chi connectivity index (χ3n) is 6.91. The zero-order valence-electron chi connectivity index (χ0n) is 18.5. The van der Waals surface area contributed by atoms with Crippen LogP contribution in [0.3, 0.4) is 0 Å². The lowest BCUT2D eigenvalue weighted by molar-refractivity contribution is -0.115. The molecule has 0 bridgehead atoms. The predicted octanol–water partition coefficient (Wildman–Crippen LogP) is 3.56. The Bertz CT molecular complexity index is 1710. The molecule has 2 aliphatic carbocycles. The van der Waals surface area contributed by atoms with Crippen LogP contribution in [0.4, 0.5) is 0 Å². The summed E-state index contributed by atoms with van der Waals surface area (Å²) in [6, 6.07) is 12.4. The number of aromatic hydroxyl groups is 1. The first-order chi connectivity index (χ1) is 17.3. The number of nitrogens with zero attached hydrogens (tertiary/aromatic N) is 3. The lowest BCUT2D eigenvalue weighted by Crippen LogP contribution is -2.40. The van der Waals surface area contributed by atoms with Crippen LogP contribution in [0.25, 0.3) is 5.69 Å². The van der Waals surface area contributed by atoms with Gasteiger partial charge < -0.3 is 5.11 Å². The topological polar surface area (TPSA) is 103 Å². The Kier molecular flexibility index (Phi) is 5.17. The van der Waals surface area contributed by atoms with Gasteiger partial charge in [0.1, 0.15) is 5.75 Å². The van der Waals surface area contributed by atoms with Crippen LogP contribution >= 0.6 is 27.5 Å². The normalized spacial score (nSPS) is 20.9. The summed E-state index contributed by atoms with van der Waals surface area (Å²) in [6.45, 7) is 0.107. The summed E-state index contributed by atoms with van der Waals surface area (Å²) >= 11 is 9.71. The highest BCUT2D eigenvalue weighted by Crippen LogP contribution is 2.51. The molecular weight excluding hydrogens is 550 g/mol. The summed E-state index contributed by atoms with van der Waals surface area (Å²) in [5.41, 5.74) is 1.19. The van der Waals surface area contributed by atoms with Gasteiger partial charge in [0.15, 0.2) is 11.6 Å². The largest absolute Gasteiger partial charge is 0.508 e. The van der Waals surface area contributed by atoms with E-state index in [0.29, 0.717) is 22.4 Å². The number of hydrogen-bond acceptors (Lipinski definition) is 5. The predicted molar refractivity (Wildman–Crippen MR) is 136 cm³/mol. The van der Waals surface area contributed by atoms with Gasteiger partial charge in [-0.3, -0.25) is 9.59 Å². The number of Topliss-reactive ketones (excluding diaryl/α,β-unsaturated/α-hetero) is 1. The molecule has 180 valence electrons. The van der Waals surface area contributed by atoms with Crippen LogP contribution in [-0.4, -0.2) is 30.6 Å². The second kappa shape index (κ2) is 8.18. The molecule has 0 amide bonds. The zero-order valence-corrected chi connectivity index (χ0v) is 20.9. The minimum Gasteiger partial charge on any atom is -0.508 e. The van der Waals surface area contributed by atoms with E-state index in [0.717, 1.165) is 4.57 Å². The van der Waals surface area contributed by atoms with Crippen molar-refractivity contribution in [2.45, 2.75) is 24.9 Å². The molecule has 1 aliphatic heterocycles. The molecule has 0 spiro atoms. The van der Waals surface area contributed by atoms with Gasteiger partial charge in [-0.15, -0.1) is 0 Å². The molecule has 0 saturated carbocycles. The van der Waals surface area contributed by atoms with E-state index in [2.05, 4.69) is 15.9 Å². The summed E-state index contributed by atoms with van der Waals surface area (Å²) in [7, 11) is 0. The first-order valence-electron chi connectivity index (χ1n) is 11.2. The Balaban J connectivity index is 1.61. The van der Waals surface area contributed by atoms with Crippen LogP contribution in [0.2, 0.25) is 5.02 Å². The third kappa shape index (κ3) is 3.19. The number of phenols is 1. The first-order valence-corrected chi connectivity index (χ1v) is 12.3. The number of benzene rings is 2. The van der Waals surface area contributed by atoms with Crippen LogP contribution < -0.4 is 11.4 Å². The summed E-state index contributed by atoms with van der Waals surface area (Å²) in [4.78, 5) is 53.3. The highest BCUT2D eigenvalue weighted by molar-refractivity contribution is 9.12. The number of halogens is 2. The van der Waals surface area contributed by atoms with Crippen molar-refractivity contribution >= 4 is 39.1 Å². The summed E-state index contributed by atoms with van der Waals surface area (Å²) in [6.07, 6.45) is 3.14. The molecule has 8 nitrogen and oxygen atoms in total. The minimum atomic E-state index is -0.726. The quantitative estimate of drug-likeness (QED) is 0.378. The first kappa shape index (κ1) is 22.8. The Morgan fingerprint density at radius 3 is 2.47 bits per heavy atom. The minimum absolute atomic E-state index is 0.0402. The maximum absolute atomic E-state index is 13.6. The molecule has 0 fully saturated rings. The average Bonchev–Trinajstić information content (AvgIpc) is 3.12. The Labute approximate surface area is 217 Å². The van der Waals surface area contributed by atoms with Gasteiger partial charge in [-0.25, -0.2) is 23.5 Å². The summed E-state index contributed by atoms with van der Waals surface area (Å²) < 4.78 is 3.97. The molecule has 0 unspecified atom stereocenters. The van der Waals surface area contributed by atoms with E-state index < -0.39 is 23.3 Å². The smallest absolute Gasteiger partial charge is 0.352 e. The van der Waals surface area contributed by atoms with Crippen molar-refractivity contribution in [1.29, 1.82) is 0 Å². The average molecular weight is 567 g/mol. The van der Waals surface area contributed by atoms with Crippen LogP contribution in [-0.2, 0) is 16.1 Å². The summed E-state index contributed by atoms with van der Waals surface area (Å²) in [5, 5.41) is 10.1. The molecular formula is C26H17BrClN3O5. The lowest BCUT2D eigenvalue weighted by atomic mass is 9.69. The third-order valence-corrected chi connectivity index (χ3v) is 7.82. The number of carbonyl (C=O) groups is 2.